The molecule has 1 aliphatic carbocycles. The van der Waals surface area contributed by atoms with E-state index in [2.05, 4.69) is 41.0 Å². The smallest absolute Gasteiger partial charge is 0.222 e. The number of amides is 1. The van der Waals surface area contributed by atoms with Crippen LogP contribution in [-0.4, -0.2) is 61.1 Å². The Balaban J connectivity index is 1.24. The van der Waals surface area contributed by atoms with Crippen LogP contribution in [0.15, 0.2) is 24.3 Å². The van der Waals surface area contributed by atoms with E-state index in [0.717, 1.165) is 71.5 Å². The average Bonchev–Trinajstić information content (AvgIpc) is 3.10. The van der Waals surface area contributed by atoms with E-state index in [1.54, 1.807) is 0 Å². The highest BCUT2D eigenvalue weighted by Crippen LogP contribution is 2.30. The van der Waals surface area contributed by atoms with Gasteiger partial charge in [-0.2, -0.15) is 0 Å². The van der Waals surface area contributed by atoms with Crippen LogP contribution < -0.4 is 0 Å². The Morgan fingerprint density at radius 3 is 2.31 bits per heavy atom. The van der Waals surface area contributed by atoms with Crippen molar-refractivity contribution >= 4 is 5.91 Å². The van der Waals surface area contributed by atoms with Gasteiger partial charge in [0.2, 0.25) is 5.91 Å². The molecule has 0 radical (unpaired) electrons. The van der Waals surface area contributed by atoms with Crippen LogP contribution in [0.25, 0.3) is 0 Å². The number of fused-ring (bicyclic) bond motifs is 1. The minimum atomic E-state index is 0.375. The zero-order valence-corrected chi connectivity index (χ0v) is 16.0. The summed E-state index contributed by atoms with van der Waals surface area (Å²) in [5.74, 6) is 1.60. The molecule has 0 N–H and O–H groups in total. The molecule has 142 valence electrons. The second-order valence-electron chi connectivity index (χ2n) is 8.35. The number of nitrogens with zero attached hydrogens (tertiary/aromatic N) is 2. The molecule has 1 amide bonds. The Hall–Kier alpha value is -1.39. The normalized spacial score (nSPS) is 23.8. The second kappa shape index (κ2) is 8.10. The molecule has 2 heterocycles. The van der Waals surface area contributed by atoms with Crippen molar-refractivity contribution in [2.75, 3.05) is 39.4 Å². The summed E-state index contributed by atoms with van der Waals surface area (Å²) in [7, 11) is 0. The van der Waals surface area contributed by atoms with E-state index in [0.29, 0.717) is 23.8 Å². The van der Waals surface area contributed by atoms with Gasteiger partial charge in [0, 0.05) is 38.6 Å². The van der Waals surface area contributed by atoms with E-state index >= 15 is 0 Å². The predicted octanol–water partition coefficient (Wildman–Crippen LogP) is 2.75. The molecule has 2 fully saturated rings. The number of carbonyl (C=O) groups excluding carboxylic acids is 1. The van der Waals surface area contributed by atoms with Crippen LogP contribution in [0, 0.1) is 11.8 Å². The van der Waals surface area contributed by atoms with E-state index in [9.17, 15) is 4.79 Å². The average molecular weight is 357 g/mol. The monoisotopic (exact) mass is 356 g/mol. The van der Waals surface area contributed by atoms with Crippen molar-refractivity contribution in [1.29, 1.82) is 0 Å². The van der Waals surface area contributed by atoms with Crippen molar-refractivity contribution in [3.8, 4) is 0 Å². The van der Waals surface area contributed by atoms with Gasteiger partial charge in [0.05, 0.1) is 13.2 Å². The summed E-state index contributed by atoms with van der Waals surface area (Å²) < 4.78 is 5.48. The number of hydrogen-bond acceptors (Lipinski definition) is 3. The fourth-order valence-electron chi connectivity index (χ4n) is 5.08. The maximum atomic E-state index is 12.8. The van der Waals surface area contributed by atoms with Gasteiger partial charge in [-0.05, 0) is 55.6 Å². The highest BCUT2D eigenvalue weighted by molar-refractivity contribution is 5.76. The van der Waals surface area contributed by atoms with Crippen LogP contribution in [0.3, 0.4) is 0 Å². The van der Waals surface area contributed by atoms with Crippen LogP contribution in [0.4, 0.5) is 0 Å². The first-order valence-electron chi connectivity index (χ1n) is 10.4. The second-order valence-corrected chi connectivity index (χ2v) is 8.35. The topological polar surface area (TPSA) is 32.8 Å². The van der Waals surface area contributed by atoms with Crippen LogP contribution in [0.5, 0.6) is 0 Å². The lowest BCUT2D eigenvalue weighted by Gasteiger charge is -2.41. The molecule has 26 heavy (non-hydrogen) atoms. The Morgan fingerprint density at radius 2 is 1.69 bits per heavy atom. The molecule has 0 saturated carbocycles. The zero-order chi connectivity index (χ0) is 17.9. The van der Waals surface area contributed by atoms with Gasteiger partial charge in [0.15, 0.2) is 0 Å². The van der Waals surface area contributed by atoms with E-state index in [-0.39, 0.29) is 0 Å². The Bertz CT molecular complexity index is 593. The molecule has 1 aromatic carbocycles. The minimum Gasteiger partial charge on any atom is -0.379 e. The maximum absolute atomic E-state index is 12.8. The van der Waals surface area contributed by atoms with Gasteiger partial charge >= 0.3 is 0 Å². The summed E-state index contributed by atoms with van der Waals surface area (Å²) >= 11 is 0. The Labute approximate surface area is 157 Å². The Morgan fingerprint density at radius 1 is 1.08 bits per heavy atom. The van der Waals surface area contributed by atoms with Gasteiger partial charge in [0.1, 0.15) is 0 Å². The molecule has 0 spiro atoms. The van der Waals surface area contributed by atoms with Gasteiger partial charge in [-0.3, -0.25) is 9.69 Å². The van der Waals surface area contributed by atoms with E-state index in [1.807, 2.05) is 0 Å². The van der Waals surface area contributed by atoms with Gasteiger partial charge in [-0.15, -0.1) is 0 Å². The molecule has 0 aromatic heterocycles. The van der Waals surface area contributed by atoms with Crippen molar-refractivity contribution in [2.45, 2.75) is 45.1 Å². The Kier molecular flexibility index (Phi) is 5.60. The summed E-state index contributed by atoms with van der Waals surface area (Å²) in [6, 6.07) is 9.28. The SMILES string of the molecule is C[C@H](C1CCN(C(=O)CC2Cc3ccccc3C2)CC1)N1CCOCC1. The lowest BCUT2D eigenvalue weighted by atomic mass is 9.88. The highest BCUT2D eigenvalue weighted by atomic mass is 16.5. The first-order chi connectivity index (χ1) is 12.7. The third-order valence-electron chi connectivity index (χ3n) is 6.80. The van der Waals surface area contributed by atoms with Crippen molar-refractivity contribution in [3.63, 3.8) is 0 Å². The van der Waals surface area contributed by atoms with Crippen LogP contribution in [0.1, 0.15) is 37.3 Å². The summed E-state index contributed by atoms with van der Waals surface area (Å²) in [6.45, 7) is 8.10. The number of benzene rings is 1. The third kappa shape index (κ3) is 3.96. The highest BCUT2D eigenvalue weighted by Gasteiger charge is 2.31. The number of likely N-dealkylation sites (tertiary alicyclic amines) is 1. The summed E-state index contributed by atoms with van der Waals surface area (Å²) in [5.41, 5.74) is 2.90. The lowest BCUT2D eigenvalue weighted by molar-refractivity contribution is -0.134. The number of hydrogen-bond donors (Lipinski definition) is 0. The molecule has 1 atom stereocenters. The predicted molar refractivity (Wildman–Crippen MR) is 103 cm³/mol. The zero-order valence-electron chi connectivity index (χ0n) is 16.0. The summed E-state index contributed by atoms with van der Waals surface area (Å²) in [4.78, 5) is 17.5. The molecule has 4 heteroatoms. The van der Waals surface area contributed by atoms with Crippen LogP contribution >= 0.6 is 0 Å². The lowest BCUT2D eigenvalue weighted by Crippen LogP contribution is -2.49. The molecular weight excluding hydrogens is 324 g/mol. The summed E-state index contributed by atoms with van der Waals surface area (Å²) in [6.07, 6.45) is 5.17. The van der Waals surface area contributed by atoms with Crippen LogP contribution in [0.2, 0.25) is 0 Å². The quantitative estimate of drug-likeness (QED) is 0.832. The molecule has 2 aliphatic heterocycles. The molecule has 0 unspecified atom stereocenters. The molecule has 4 rings (SSSR count). The molecule has 4 nitrogen and oxygen atoms in total. The molecule has 2 saturated heterocycles. The van der Waals surface area contributed by atoms with Crippen molar-refractivity contribution in [2.24, 2.45) is 11.8 Å². The first-order valence-corrected chi connectivity index (χ1v) is 10.4. The maximum Gasteiger partial charge on any atom is 0.222 e. The fourth-order valence-corrected chi connectivity index (χ4v) is 5.08. The van der Waals surface area contributed by atoms with Gasteiger partial charge in [-0.1, -0.05) is 24.3 Å². The van der Waals surface area contributed by atoms with Gasteiger partial charge in [-0.25, -0.2) is 0 Å². The number of piperidine rings is 1. The first kappa shape index (κ1) is 18.0. The standard InChI is InChI=1S/C22H32N2O2/c1-17(23-10-12-26-13-11-23)19-6-8-24(9-7-19)22(25)16-18-14-20-4-2-3-5-21(20)15-18/h2-5,17-19H,6-16H2,1H3/t17-/m1/s1. The number of rotatable bonds is 4. The minimum absolute atomic E-state index is 0.375. The van der Waals surface area contributed by atoms with E-state index in [1.165, 1.54) is 11.1 Å². The fraction of sp³-hybridized carbons (Fsp3) is 0.682. The number of carbonyl (C=O) groups is 1. The van der Waals surface area contributed by atoms with Crippen molar-refractivity contribution in [3.05, 3.63) is 35.4 Å². The molecule has 1 aromatic rings. The van der Waals surface area contributed by atoms with Crippen molar-refractivity contribution < 1.29 is 9.53 Å². The van der Waals surface area contributed by atoms with Crippen molar-refractivity contribution in [1.82, 2.24) is 9.80 Å². The van der Waals surface area contributed by atoms with E-state index < -0.39 is 0 Å². The van der Waals surface area contributed by atoms with E-state index in [4.69, 9.17) is 4.74 Å². The summed E-state index contributed by atoms with van der Waals surface area (Å²) in [5, 5.41) is 0. The molecule has 0 bridgehead atoms. The largest absolute Gasteiger partial charge is 0.379 e. The number of morpholine rings is 1. The van der Waals surface area contributed by atoms with Crippen LogP contribution in [-0.2, 0) is 22.4 Å². The van der Waals surface area contributed by atoms with Gasteiger partial charge in [0.25, 0.3) is 0 Å². The third-order valence-corrected chi connectivity index (χ3v) is 6.80. The van der Waals surface area contributed by atoms with Gasteiger partial charge < -0.3 is 9.64 Å². The molecular formula is C22H32N2O2. The molecule has 3 aliphatic rings. The number of ether oxygens (including phenoxy) is 1.